The molecule has 34 heavy (non-hydrogen) atoms. The number of carbonyl (C=O) groups excluding carboxylic acids is 2. The number of anilines is 1. The van der Waals surface area contributed by atoms with Gasteiger partial charge in [-0.1, -0.05) is 45.7 Å². The summed E-state index contributed by atoms with van der Waals surface area (Å²) in [6.07, 6.45) is 1.35. The van der Waals surface area contributed by atoms with Crippen LogP contribution in [-0.2, 0) is 4.79 Å². The molecule has 8 nitrogen and oxygen atoms in total. The maximum absolute atomic E-state index is 13.2. The first-order valence-corrected chi connectivity index (χ1v) is 11.0. The molecule has 174 valence electrons. The first kappa shape index (κ1) is 24.9. The van der Waals surface area contributed by atoms with Crippen molar-refractivity contribution in [3.63, 3.8) is 0 Å². The quantitative estimate of drug-likeness (QED) is 0.224. The Balaban J connectivity index is 2.01. The fraction of sp³-hybridized carbons (Fsp3) is 0.0833. The Morgan fingerprint density at radius 1 is 1.12 bits per heavy atom. The van der Waals surface area contributed by atoms with E-state index in [0.29, 0.717) is 32.1 Å². The molecular formula is C24H19BrClN3O5. The SMILES string of the molecule is COc1ccc(Br)cc1C(=O)NC(=Cc1cccc([N+](=O)[O-])c1)C(=O)Nc1cccc(Cl)c1C. The molecule has 2 amide bonds. The van der Waals surface area contributed by atoms with Crippen molar-refractivity contribution >= 4 is 56.8 Å². The van der Waals surface area contributed by atoms with E-state index in [2.05, 4.69) is 26.6 Å². The zero-order chi connectivity index (χ0) is 24.8. The summed E-state index contributed by atoms with van der Waals surface area (Å²) in [4.78, 5) is 36.9. The van der Waals surface area contributed by atoms with Crippen molar-refractivity contribution in [3.05, 3.63) is 103 Å². The summed E-state index contributed by atoms with van der Waals surface area (Å²) >= 11 is 9.47. The molecule has 10 heteroatoms. The smallest absolute Gasteiger partial charge is 0.272 e. The van der Waals surface area contributed by atoms with Gasteiger partial charge in [0.05, 0.1) is 17.6 Å². The van der Waals surface area contributed by atoms with Crippen molar-refractivity contribution < 1.29 is 19.2 Å². The average Bonchev–Trinajstić information content (AvgIpc) is 2.81. The highest BCUT2D eigenvalue weighted by atomic mass is 79.9. The number of nitro groups is 1. The molecule has 0 aliphatic rings. The van der Waals surface area contributed by atoms with Crippen LogP contribution in [0, 0.1) is 17.0 Å². The summed E-state index contributed by atoms with van der Waals surface area (Å²) in [6.45, 7) is 1.74. The predicted octanol–water partition coefficient (Wildman–Crippen LogP) is 5.74. The van der Waals surface area contributed by atoms with Gasteiger partial charge in [-0.2, -0.15) is 0 Å². The second kappa shape index (κ2) is 11.0. The zero-order valence-electron chi connectivity index (χ0n) is 18.1. The van der Waals surface area contributed by atoms with Crippen LogP contribution in [-0.4, -0.2) is 23.8 Å². The number of amides is 2. The maximum Gasteiger partial charge on any atom is 0.272 e. The molecule has 0 aromatic heterocycles. The predicted molar refractivity (Wildman–Crippen MR) is 134 cm³/mol. The normalized spacial score (nSPS) is 11.0. The monoisotopic (exact) mass is 543 g/mol. The molecule has 0 saturated heterocycles. The molecule has 3 aromatic carbocycles. The third-order valence-electron chi connectivity index (χ3n) is 4.81. The van der Waals surface area contributed by atoms with Gasteiger partial charge in [-0.15, -0.1) is 0 Å². The number of ether oxygens (including phenoxy) is 1. The average molecular weight is 545 g/mol. The molecule has 0 fully saturated rings. The van der Waals surface area contributed by atoms with E-state index in [4.69, 9.17) is 16.3 Å². The summed E-state index contributed by atoms with van der Waals surface area (Å²) in [7, 11) is 1.43. The van der Waals surface area contributed by atoms with Crippen LogP contribution in [0.25, 0.3) is 6.08 Å². The Bertz CT molecular complexity index is 1310. The van der Waals surface area contributed by atoms with Crippen LogP contribution < -0.4 is 15.4 Å². The highest BCUT2D eigenvalue weighted by molar-refractivity contribution is 9.10. The number of methoxy groups -OCH3 is 1. The van der Waals surface area contributed by atoms with Crippen LogP contribution in [0.15, 0.2) is 70.8 Å². The van der Waals surface area contributed by atoms with E-state index in [9.17, 15) is 19.7 Å². The molecule has 3 rings (SSSR count). The molecule has 3 aromatic rings. The van der Waals surface area contributed by atoms with Crippen molar-refractivity contribution in [3.8, 4) is 5.75 Å². The van der Waals surface area contributed by atoms with E-state index < -0.39 is 16.7 Å². The van der Waals surface area contributed by atoms with Gasteiger partial charge in [-0.25, -0.2) is 0 Å². The molecule has 0 spiro atoms. The number of non-ortho nitro benzene ring substituents is 1. The van der Waals surface area contributed by atoms with Crippen molar-refractivity contribution in [2.75, 3.05) is 12.4 Å². The largest absolute Gasteiger partial charge is 0.496 e. The van der Waals surface area contributed by atoms with E-state index in [1.54, 1.807) is 49.4 Å². The van der Waals surface area contributed by atoms with Crippen LogP contribution in [0.3, 0.4) is 0 Å². The fourth-order valence-electron chi connectivity index (χ4n) is 3.03. The lowest BCUT2D eigenvalue weighted by Gasteiger charge is -2.14. The van der Waals surface area contributed by atoms with Crippen molar-refractivity contribution in [1.82, 2.24) is 5.32 Å². The molecule has 0 aliphatic heterocycles. The number of benzene rings is 3. The van der Waals surface area contributed by atoms with Gasteiger partial charge in [0.2, 0.25) is 0 Å². The number of nitrogens with one attached hydrogen (secondary N) is 2. The molecule has 0 heterocycles. The van der Waals surface area contributed by atoms with Crippen molar-refractivity contribution in [2.45, 2.75) is 6.92 Å². The third-order valence-corrected chi connectivity index (χ3v) is 5.71. The lowest BCUT2D eigenvalue weighted by Crippen LogP contribution is -2.31. The summed E-state index contributed by atoms with van der Waals surface area (Å²) in [5.74, 6) is -0.937. The topological polar surface area (TPSA) is 111 Å². The van der Waals surface area contributed by atoms with Gasteiger partial charge in [0.1, 0.15) is 11.4 Å². The molecule has 0 unspecified atom stereocenters. The van der Waals surface area contributed by atoms with Crippen LogP contribution in [0.1, 0.15) is 21.5 Å². The lowest BCUT2D eigenvalue weighted by molar-refractivity contribution is -0.384. The Labute approximate surface area is 208 Å². The highest BCUT2D eigenvalue weighted by Gasteiger charge is 2.19. The first-order chi connectivity index (χ1) is 16.2. The summed E-state index contributed by atoms with van der Waals surface area (Å²) in [5, 5.41) is 16.9. The minimum absolute atomic E-state index is 0.132. The van der Waals surface area contributed by atoms with Gasteiger partial charge in [0.25, 0.3) is 17.5 Å². The standard InChI is InChI=1S/C24H19BrClN3O5/c1-14-19(26)7-4-8-20(14)27-24(31)21(12-15-5-3-6-17(11-15)29(32)33)28-23(30)18-13-16(25)9-10-22(18)34-2/h3-13H,1-2H3,(H,27,31)(H,28,30). The Morgan fingerprint density at radius 2 is 1.85 bits per heavy atom. The van der Waals surface area contributed by atoms with Crippen LogP contribution in [0.2, 0.25) is 5.02 Å². The number of hydrogen-bond donors (Lipinski definition) is 2. The molecular weight excluding hydrogens is 526 g/mol. The van der Waals surface area contributed by atoms with Crippen molar-refractivity contribution in [1.29, 1.82) is 0 Å². The van der Waals surface area contributed by atoms with E-state index >= 15 is 0 Å². The number of rotatable bonds is 7. The first-order valence-electron chi connectivity index (χ1n) is 9.87. The summed E-state index contributed by atoms with van der Waals surface area (Å²) in [5.41, 5.74) is 1.35. The molecule has 2 N–H and O–H groups in total. The van der Waals surface area contributed by atoms with Gasteiger partial charge in [-0.3, -0.25) is 19.7 Å². The molecule has 0 aliphatic carbocycles. The number of nitro benzene ring substituents is 1. The van der Waals surface area contributed by atoms with E-state index in [0.717, 1.165) is 0 Å². The molecule has 0 saturated carbocycles. The number of hydrogen-bond acceptors (Lipinski definition) is 5. The second-order valence-electron chi connectivity index (χ2n) is 7.08. The molecule has 0 radical (unpaired) electrons. The van der Waals surface area contributed by atoms with Gasteiger partial charge < -0.3 is 15.4 Å². The summed E-state index contributed by atoms with van der Waals surface area (Å²) < 4.78 is 5.90. The number of carbonyl (C=O) groups is 2. The fourth-order valence-corrected chi connectivity index (χ4v) is 3.57. The highest BCUT2D eigenvalue weighted by Crippen LogP contribution is 2.25. The zero-order valence-corrected chi connectivity index (χ0v) is 20.4. The van der Waals surface area contributed by atoms with Gasteiger partial charge in [0.15, 0.2) is 0 Å². The lowest BCUT2D eigenvalue weighted by atomic mass is 10.1. The molecule has 0 atom stereocenters. The minimum Gasteiger partial charge on any atom is -0.496 e. The van der Waals surface area contributed by atoms with Crippen LogP contribution in [0.5, 0.6) is 5.75 Å². The molecule has 0 bridgehead atoms. The number of nitrogens with zero attached hydrogens (tertiary/aromatic N) is 1. The Hall–Kier alpha value is -3.69. The van der Waals surface area contributed by atoms with E-state index in [1.807, 2.05) is 0 Å². The number of halogens is 2. The van der Waals surface area contributed by atoms with Crippen molar-refractivity contribution in [2.24, 2.45) is 0 Å². The van der Waals surface area contributed by atoms with Gasteiger partial charge in [0, 0.05) is 27.3 Å². The van der Waals surface area contributed by atoms with E-state index in [1.165, 1.54) is 31.4 Å². The second-order valence-corrected chi connectivity index (χ2v) is 8.40. The Morgan fingerprint density at radius 3 is 2.56 bits per heavy atom. The van der Waals surface area contributed by atoms with Gasteiger partial charge >= 0.3 is 0 Å². The maximum atomic E-state index is 13.2. The Kier molecular flexibility index (Phi) is 8.04. The van der Waals surface area contributed by atoms with Crippen LogP contribution in [0.4, 0.5) is 11.4 Å². The minimum atomic E-state index is -0.640. The summed E-state index contributed by atoms with van der Waals surface area (Å²) in [6, 6.07) is 15.6. The van der Waals surface area contributed by atoms with E-state index in [-0.39, 0.29) is 16.9 Å². The van der Waals surface area contributed by atoms with Gasteiger partial charge in [-0.05, 0) is 54.5 Å². The third kappa shape index (κ3) is 6.00. The van der Waals surface area contributed by atoms with Crippen LogP contribution >= 0.6 is 27.5 Å².